The molecule has 0 radical (unpaired) electrons. The maximum Gasteiger partial charge on any atom is 0.123 e. The van der Waals surface area contributed by atoms with Gasteiger partial charge in [-0.25, -0.2) is 0 Å². The molecular weight excluding hydrogens is 138 g/mol. The third-order valence-corrected chi connectivity index (χ3v) is 2.15. The molecule has 0 N–H and O–H groups in total. The van der Waals surface area contributed by atoms with Gasteiger partial charge in [0.05, 0.1) is 0 Å². The Morgan fingerprint density at radius 2 is 2.18 bits per heavy atom. The van der Waals surface area contributed by atoms with Crippen LogP contribution in [0.5, 0.6) is 0 Å². The van der Waals surface area contributed by atoms with Crippen LogP contribution in [0.15, 0.2) is 24.5 Å². The van der Waals surface area contributed by atoms with Crippen LogP contribution in [0.2, 0.25) is 0 Å². The van der Waals surface area contributed by atoms with Crippen molar-refractivity contribution in [2.24, 2.45) is 5.92 Å². The van der Waals surface area contributed by atoms with Crippen molar-refractivity contribution in [3.8, 4) is 0 Å². The van der Waals surface area contributed by atoms with Gasteiger partial charge in [0.15, 0.2) is 0 Å². The maximum absolute atomic E-state index is 10.3. The number of hydrogen-bond acceptors (Lipinski definition) is 2. The van der Waals surface area contributed by atoms with E-state index in [1.165, 1.54) is 5.56 Å². The Kier molecular flexibility index (Phi) is 1.46. The molecule has 11 heavy (non-hydrogen) atoms. The lowest BCUT2D eigenvalue weighted by molar-refractivity contribution is -0.108. The van der Waals surface area contributed by atoms with Crippen molar-refractivity contribution < 1.29 is 4.79 Å². The summed E-state index contributed by atoms with van der Waals surface area (Å²) in [6.45, 7) is 0. The molecule has 1 aliphatic carbocycles. The molecule has 2 rings (SSSR count). The summed E-state index contributed by atoms with van der Waals surface area (Å²) in [6, 6.07) is 3.96. The fourth-order valence-electron chi connectivity index (χ4n) is 1.36. The SMILES string of the molecule is O=CC1CC1c1ccncc1. The fraction of sp³-hybridized carbons (Fsp3) is 0.333. The van der Waals surface area contributed by atoms with Crippen LogP contribution in [0.4, 0.5) is 0 Å². The van der Waals surface area contributed by atoms with Gasteiger partial charge < -0.3 is 4.79 Å². The Hall–Kier alpha value is -1.18. The summed E-state index contributed by atoms with van der Waals surface area (Å²) in [6.07, 6.45) is 5.61. The number of aromatic nitrogens is 1. The van der Waals surface area contributed by atoms with E-state index in [9.17, 15) is 4.79 Å². The first kappa shape index (κ1) is 6.53. The standard InChI is InChI=1S/C9H9NO/c11-6-8-5-9(8)7-1-3-10-4-2-7/h1-4,6,8-9H,5H2. The van der Waals surface area contributed by atoms with Gasteiger partial charge in [-0.1, -0.05) is 0 Å². The van der Waals surface area contributed by atoms with Gasteiger partial charge in [0.1, 0.15) is 6.29 Å². The van der Waals surface area contributed by atoms with Gasteiger partial charge >= 0.3 is 0 Å². The van der Waals surface area contributed by atoms with Crippen LogP contribution < -0.4 is 0 Å². The molecule has 0 amide bonds. The molecule has 0 aromatic carbocycles. The molecule has 1 aromatic heterocycles. The lowest BCUT2D eigenvalue weighted by atomic mass is 10.1. The topological polar surface area (TPSA) is 30.0 Å². The van der Waals surface area contributed by atoms with Crippen molar-refractivity contribution in [1.29, 1.82) is 0 Å². The largest absolute Gasteiger partial charge is 0.303 e. The van der Waals surface area contributed by atoms with Crippen LogP contribution in [-0.4, -0.2) is 11.3 Å². The average molecular weight is 147 g/mol. The van der Waals surface area contributed by atoms with E-state index in [1.807, 2.05) is 12.1 Å². The summed E-state index contributed by atoms with van der Waals surface area (Å²) in [5, 5.41) is 0. The number of hydrogen-bond donors (Lipinski definition) is 0. The summed E-state index contributed by atoms with van der Waals surface area (Å²) in [5.41, 5.74) is 1.25. The zero-order chi connectivity index (χ0) is 7.68. The summed E-state index contributed by atoms with van der Waals surface area (Å²) < 4.78 is 0. The number of carbonyl (C=O) groups is 1. The summed E-state index contributed by atoms with van der Waals surface area (Å²) in [7, 11) is 0. The van der Waals surface area contributed by atoms with Crippen LogP contribution in [0.25, 0.3) is 0 Å². The van der Waals surface area contributed by atoms with E-state index < -0.39 is 0 Å². The van der Waals surface area contributed by atoms with E-state index in [0.717, 1.165) is 12.7 Å². The van der Waals surface area contributed by atoms with Crippen LogP contribution in [-0.2, 0) is 4.79 Å². The fourth-order valence-corrected chi connectivity index (χ4v) is 1.36. The Morgan fingerprint density at radius 3 is 2.73 bits per heavy atom. The van der Waals surface area contributed by atoms with Gasteiger partial charge in [0.2, 0.25) is 0 Å². The number of carbonyl (C=O) groups excluding carboxylic acids is 1. The molecule has 2 atom stereocenters. The van der Waals surface area contributed by atoms with Crippen LogP contribution in [0, 0.1) is 5.92 Å². The van der Waals surface area contributed by atoms with E-state index in [2.05, 4.69) is 4.98 Å². The van der Waals surface area contributed by atoms with E-state index in [1.54, 1.807) is 12.4 Å². The monoisotopic (exact) mass is 147 g/mol. The van der Waals surface area contributed by atoms with Gasteiger partial charge in [0.25, 0.3) is 0 Å². The van der Waals surface area contributed by atoms with Gasteiger partial charge in [-0.2, -0.15) is 0 Å². The second kappa shape index (κ2) is 2.46. The Morgan fingerprint density at radius 1 is 1.45 bits per heavy atom. The molecule has 0 bridgehead atoms. The van der Waals surface area contributed by atoms with E-state index in [0.29, 0.717) is 5.92 Å². The average Bonchev–Trinajstić information content (AvgIpc) is 2.85. The first-order chi connectivity index (χ1) is 5.42. The molecule has 1 aromatic rings. The number of nitrogens with zero attached hydrogens (tertiary/aromatic N) is 1. The Labute approximate surface area is 65.3 Å². The van der Waals surface area contributed by atoms with E-state index in [-0.39, 0.29) is 5.92 Å². The normalized spacial score (nSPS) is 28.0. The number of rotatable bonds is 2. The molecule has 1 heterocycles. The van der Waals surface area contributed by atoms with Crippen molar-refractivity contribution in [3.63, 3.8) is 0 Å². The zero-order valence-electron chi connectivity index (χ0n) is 6.10. The molecular formula is C9H9NO. The van der Waals surface area contributed by atoms with Crippen LogP contribution >= 0.6 is 0 Å². The molecule has 1 fully saturated rings. The minimum absolute atomic E-state index is 0.275. The van der Waals surface area contributed by atoms with E-state index in [4.69, 9.17) is 0 Å². The van der Waals surface area contributed by atoms with Crippen molar-refractivity contribution >= 4 is 6.29 Å². The van der Waals surface area contributed by atoms with Gasteiger partial charge in [-0.15, -0.1) is 0 Å². The second-order valence-corrected chi connectivity index (χ2v) is 2.92. The van der Waals surface area contributed by atoms with Gasteiger partial charge in [-0.3, -0.25) is 4.98 Å². The van der Waals surface area contributed by atoms with Gasteiger partial charge in [-0.05, 0) is 30.0 Å². The quantitative estimate of drug-likeness (QED) is 0.591. The van der Waals surface area contributed by atoms with Crippen molar-refractivity contribution in [2.75, 3.05) is 0 Å². The lowest BCUT2D eigenvalue weighted by Crippen LogP contribution is -1.83. The molecule has 2 nitrogen and oxygen atoms in total. The Balaban J connectivity index is 2.14. The molecule has 0 spiro atoms. The van der Waals surface area contributed by atoms with Crippen LogP contribution in [0.3, 0.4) is 0 Å². The molecule has 1 saturated carbocycles. The summed E-state index contributed by atoms with van der Waals surface area (Å²) in [4.78, 5) is 14.3. The molecule has 0 aliphatic heterocycles. The van der Waals surface area contributed by atoms with E-state index >= 15 is 0 Å². The highest BCUT2D eigenvalue weighted by molar-refractivity contribution is 5.61. The third kappa shape index (κ3) is 1.16. The molecule has 2 unspecified atom stereocenters. The number of aldehydes is 1. The maximum atomic E-state index is 10.3. The summed E-state index contributed by atoms with van der Waals surface area (Å²) in [5.74, 6) is 0.757. The minimum atomic E-state index is 0.275. The predicted molar refractivity (Wildman–Crippen MR) is 41.1 cm³/mol. The molecule has 1 aliphatic rings. The van der Waals surface area contributed by atoms with Gasteiger partial charge in [0, 0.05) is 18.3 Å². The van der Waals surface area contributed by atoms with Crippen molar-refractivity contribution in [2.45, 2.75) is 12.3 Å². The third-order valence-electron chi connectivity index (χ3n) is 2.15. The van der Waals surface area contributed by atoms with Crippen LogP contribution in [0.1, 0.15) is 17.9 Å². The molecule has 56 valence electrons. The zero-order valence-corrected chi connectivity index (χ0v) is 6.10. The Bertz CT molecular complexity index is 258. The first-order valence-electron chi connectivity index (χ1n) is 3.77. The minimum Gasteiger partial charge on any atom is -0.303 e. The second-order valence-electron chi connectivity index (χ2n) is 2.92. The highest BCUT2D eigenvalue weighted by atomic mass is 16.1. The van der Waals surface area contributed by atoms with Crippen molar-refractivity contribution in [1.82, 2.24) is 4.98 Å². The summed E-state index contributed by atoms with van der Waals surface area (Å²) >= 11 is 0. The highest BCUT2D eigenvalue weighted by Gasteiger charge is 2.37. The molecule has 2 heteroatoms. The number of pyridine rings is 1. The lowest BCUT2D eigenvalue weighted by Gasteiger charge is -1.93. The predicted octanol–water partition coefficient (Wildman–Crippen LogP) is 1.38. The smallest absolute Gasteiger partial charge is 0.123 e. The first-order valence-corrected chi connectivity index (χ1v) is 3.77. The van der Waals surface area contributed by atoms with Crippen molar-refractivity contribution in [3.05, 3.63) is 30.1 Å². The molecule has 0 saturated heterocycles. The highest BCUT2D eigenvalue weighted by Crippen LogP contribution is 2.45.